The first-order valence-electron chi connectivity index (χ1n) is 6.30. The van der Waals surface area contributed by atoms with Gasteiger partial charge in [-0.05, 0) is 17.8 Å². The number of rotatable bonds is 4. The maximum absolute atomic E-state index is 12.1. The van der Waals surface area contributed by atoms with Gasteiger partial charge in [-0.1, -0.05) is 13.3 Å². The molecule has 0 aliphatic carbocycles. The number of carbonyl (C=O) groups excluding carboxylic acids is 2. The maximum Gasteiger partial charge on any atom is 0.333 e. The summed E-state index contributed by atoms with van der Waals surface area (Å²) in [6.45, 7) is 2.94. The van der Waals surface area contributed by atoms with Gasteiger partial charge in [0.1, 0.15) is 0 Å². The van der Waals surface area contributed by atoms with E-state index in [4.69, 9.17) is 0 Å². The summed E-state index contributed by atoms with van der Waals surface area (Å²) in [5.74, 6) is 0.349. The molecule has 0 aromatic rings. The number of urea groups is 1. The summed E-state index contributed by atoms with van der Waals surface area (Å²) in [6.07, 6.45) is 4.97. The fourth-order valence-electron chi connectivity index (χ4n) is 2.27. The van der Waals surface area contributed by atoms with E-state index in [1.165, 1.54) is 11.9 Å². The predicted molar refractivity (Wildman–Crippen MR) is 67.9 cm³/mol. The zero-order valence-corrected chi connectivity index (χ0v) is 11.1. The normalized spacial score (nSPS) is 23.2. The lowest BCUT2D eigenvalue weighted by atomic mass is 10.1. The summed E-state index contributed by atoms with van der Waals surface area (Å²) in [4.78, 5) is 30.7. The van der Waals surface area contributed by atoms with Crippen LogP contribution >= 0.6 is 0 Å². The van der Waals surface area contributed by atoms with Crippen molar-refractivity contribution in [2.24, 2.45) is 4.99 Å². The molecule has 0 saturated carbocycles. The van der Waals surface area contributed by atoms with E-state index in [-0.39, 0.29) is 11.9 Å². The van der Waals surface area contributed by atoms with E-state index >= 15 is 0 Å². The molecule has 0 radical (unpaired) electrons. The first-order chi connectivity index (χ1) is 8.57. The van der Waals surface area contributed by atoms with Crippen molar-refractivity contribution in [3.8, 4) is 0 Å². The zero-order chi connectivity index (χ0) is 13.3. The van der Waals surface area contributed by atoms with Crippen molar-refractivity contribution in [1.29, 1.82) is 0 Å². The minimum Gasteiger partial charge on any atom is -0.269 e. The number of nitrogens with zero attached hydrogens (tertiary/aromatic N) is 4. The molecule has 18 heavy (non-hydrogen) atoms. The Bertz CT molecular complexity index is 441. The Labute approximate surface area is 107 Å². The summed E-state index contributed by atoms with van der Waals surface area (Å²) in [7, 11) is 3.17. The van der Waals surface area contributed by atoms with Gasteiger partial charge in [-0.3, -0.25) is 14.6 Å². The number of fused-ring (bicyclic) bond motifs is 1. The van der Waals surface area contributed by atoms with E-state index in [1.54, 1.807) is 13.4 Å². The Morgan fingerprint density at radius 3 is 2.67 bits per heavy atom. The van der Waals surface area contributed by atoms with E-state index in [9.17, 15) is 9.59 Å². The van der Waals surface area contributed by atoms with Crippen molar-refractivity contribution in [2.45, 2.75) is 32.2 Å². The number of amidine groups is 1. The van der Waals surface area contributed by atoms with Gasteiger partial charge in [0, 0.05) is 14.1 Å². The third kappa shape index (κ3) is 1.91. The molecule has 1 saturated heterocycles. The van der Waals surface area contributed by atoms with Crippen LogP contribution in [0.15, 0.2) is 4.99 Å². The average Bonchev–Trinajstić information content (AvgIpc) is 2.78. The lowest BCUT2D eigenvalue weighted by Crippen LogP contribution is -2.61. The number of hydrogen-bond donors (Lipinski definition) is 0. The summed E-state index contributed by atoms with van der Waals surface area (Å²) in [6, 6.07) is -0.742. The average molecular weight is 251 g/mol. The van der Waals surface area contributed by atoms with E-state index in [0.717, 1.165) is 30.7 Å². The number of unbranched alkanes of at least 4 members (excludes halogenated alkanes) is 2. The van der Waals surface area contributed by atoms with Gasteiger partial charge in [0.15, 0.2) is 0 Å². The van der Waals surface area contributed by atoms with Crippen LogP contribution in [0.4, 0.5) is 4.79 Å². The van der Waals surface area contributed by atoms with E-state index in [2.05, 4.69) is 11.9 Å². The van der Waals surface area contributed by atoms with Crippen LogP contribution < -0.4 is 0 Å². The molecule has 0 N–H and O–H groups in total. The van der Waals surface area contributed by atoms with Crippen LogP contribution in [0.5, 0.6) is 0 Å². The number of hydrogen-bond acceptors (Lipinski definition) is 3. The maximum atomic E-state index is 12.1. The molecule has 2 aliphatic rings. The minimum atomic E-state index is -0.422. The molecule has 2 rings (SSSR count). The number of amides is 3. The van der Waals surface area contributed by atoms with Crippen molar-refractivity contribution in [3.05, 3.63) is 0 Å². The SMILES string of the molecule is CCCCC[N+]1=CN=C2C1C(=O)N(C)C(=O)N2C. The fraction of sp³-hybridized carbons (Fsp3) is 0.667. The van der Waals surface area contributed by atoms with Crippen molar-refractivity contribution < 1.29 is 14.2 Å². The monoisotopic (exact) mass is 251 g/mol. The van der Waals surface area contributed by atoms with Crippen molar-refractivity contribution >= 4 is 24.1 Å². The first-order valence-corrected chi connectivity index (χ1v) is 6.30. The molecular weight excluding hydrogens is 232 g/mol. The molecule has 1 atom stereocenters. The smallest absolute Gasteiger partial charge is 0.269 e. The standard InChI is InChI=1S/C12H19N4O2/c1-4-5-6-7-16-8-13-10-9(16)11(17)15(3)12(18)14(10)2/h8-9H,4-7H2,1-3H3/q+1. The van der Waals surface area contributed by atoms with Gasteiger partial charge in [0.05, 0.1) is 6.54 Å². The van der Waals surface area contributed by atoms with Crippen molar-refractivity contribution in [2.75, 3.05) is 20.6 Å². The van der Waals surface area contributed by atoms with Crippen LogP contribution in [0, 0.1) is 0 Å². The molecule has 2 heterocycles. The van der Waals surface area contributed by atoms with E-state index in [1.807, 2.05) is 4.58 Å². The van der Waals surface area contributed by atoms with Crippen molar-refractivity contribution in [1.82, 2.24) is 9.80 Å². The van der Waals surface area contributed by atoms with Crippen LogP contribution in [-0.4, -0.2) is 65.2 Å². The lowest BCUT2D eigenvalue weighted by molar-refractivity contribution is -0.531. The van der Waals surface area contributed by atoms with Gasteiger partial charge in [-0.25, -0.2) is 9.37 Å². The highest BCUT2D eigenvalue weighted by molar-refractivity contribution is 6.21. The van der Waals surface area contributed by atoms with Crippen LogP contribution in [0.3, 0.4) is 0 Å². The van der Waals surface area contributed by atoms with Gasteiger partial charge in [-0.15, -0.1) is 0 Å². The molecule has 6 nitrogen and oxygen atoms in total. The zero-order valence-electron chi connectivity index (χ0n) is 11.1. The number of imide groups is 1. The van der Waals surface area contributed by atoms with Crippen LogP contribution in [-0.2, 0) is 4.79 Å². The molecule has 0 spiro atoms. The molecule has 1 fully saturated rings. The second-order valence-electron chi connectivity index (χ2n) is 4.69. The molecule has 0 aromatic carbocycles. The van der Waals surface area contributed by atoms with Gasteiger partial charge >= 0.3 is 6.03 Å². The predicted octanol–water partition coefficient (Wildman–Crippen LogP) is 0.522. The Kier molecular flexibility index (Phi) is 3.45. The summed E-state index contributed by atoms with van der Waals surface area (Å²) < 4.78 is 1.92. The van der Waals surface area contributed by atoms with Crippen LogP contribution in [0.1, 0.15) is 26.2 Å². The highest BCUT2D eigenvalue weighted by atomic mass is 16.2. The summed E-state index contributed by atoms with van der Waals surface area (Å²) in [5.41, 5.74) is 0. The summed E-state index contributed by atoms with van der Waals surface area (Å²) in [5, 5.41) is 0. The number of carbonyl (C=O) groups is 2. The number of likely N-dealkylation sites (N-methyl/N-ethyl adjacent to an activating group) is 2. The number of aliphatic imine (C=N–C) groups is 1. The summed E-state index contributed by atoms with van der Waals surface area (Å²) >= 11 is 0. The Morgan fingerprint density at radius 2 is 2.00 bits per heavy atom. The van der Waals surface area contributed by atoms with Gasteiger partial charge < -0.3 is 0 Å². The Balaban J connectivity index is 2.13. The highest BCUT2D eigenvalue weighted by Gasteiger charge is 2.50. The third-order valence-corrected chi connectivity index (χ3v) is 3.42. The molecular formula is C12H19N4O2+. The van der Waals surface area contributed by atoms with Gasteiger partial charge in [0.2, 0.25) is 0 Å². The second-order valence-corrected chi connectivity index (χ2v) is 4.69. The molecule has 0 bridgehead atoms. The lowest BCUT2D eigenvalue weighted by Gasteiger charge is -2.30. The van der Waals surface area contributed by atoms with E-state index < -0.39 is 6.04 Å². The fourth-order valence-corrected chi connectivity index (χ4v) is 2.27. The third-order valence-electron chi connectivity index (χ3n) is 3.42. The van der Waals surface area contributed by atoms with Gasteiger partial charge in [0.25, 0.3) is 24.1 Å². The van der Waals surface area contributed by atoms with Gasteiger partial charge in [-0.2, -0.15) is 0 Å². The topological polar surface area (TPSA) is 56.0 Å². The molecule has 0 aromatic heterocycles. The molecule has 3 amide bonds. The molecule has 6 heteroatoms. The van der Waals surface area contributed by atoms with Crippen LogP contribution in [0.2, 0.25) is 0 Å². The quantitative estimate of drug-likeness (QED) is 0.540. The largest absolute Gasteiger partial charge is 0.333 e. The van der Waals surface area contributed by atoms with E-state index in [0.29, 0.717) is 5.84 Å². The molecule has 98 valence electrons. The molecule has 1 unspecified atom stereocenters. The first kappa shape index (κ1) is 12.7. The second kappa shape index (κ2) is 4.88. The van der Waals surface area contributed by atoms with Crippen molar-refractivity contribution in [3.63, 3.8) is 0 Å². The van der Waals surface area contributed by atoms with Crippen LogP contribution in [0.25, 0.3) is 0 Å². The Hall–Kier alpha value is -1.72. The minimum absolute atomic E-state index is 0.193. The highest BCUT2D eigenvalue weighted by Crippen LogP contribution is 2.16. The molecule has 2 aliphatic heterocycles. The Morgan fingerprint density at radius 1 is 1.28 bits per heavy atom.